The molecule has 2 N–H and O–H groups in total. The normalized spacial score (nSPS) is 24.8. The molecule has 1 fully saturated rings. The molecule has 0 bridgehead atoms. The van der Waals surface area contributed by atoms with Crippen LogP contribution < -0.4 is 5.32 Å². The lowest BCUT2D eigenvalue weighted by molar-refractivity contribution is -0.145. The molecule has 1 saturated carbocycles. The molecule has 1 amide bonds. The second-order valence-electron chi connectivity index (χ2n) is 6.03. The smallest absolute Gasteiger partial charge is 0.307 e. The molecule has 1 unspecified atom stereocenters. The average molecular weight is 289 g/mol. The fourth-order valence-corrected chi connectivity index (χ4v) is 3.15. The Hall–Kier alpha value is -1.84. The molecule has 4 nitrogen and oxygen atoms in total. The predicted molar refractivity (Wildman–Crippen MR) is 82.2 cm³/mol. The van der Waals surface area contributed by atoms with Crippen molar-refractivity contribution in [2.75, 3.05) is 5.32 Å². The van der Waals surface area contributed by atoms with E-state index in [4.69, 9.17) is 0 Å². The van der Waals surface area contributed by atoms with Crippen LogP contribution in [0.4, 0.5) is 5.69 Å². The Labute approximate surface area is 125 Å². The largest absolute Gasteiger partial charge is 0.481 e. The Bertz CT molecular complexity index is 553. The number of carbonyl (C=O) groups is 2. The fraction of sp³-hybridized carbons (Fsp3) is 0.529. The molecule has 3 atom stereocenters. The van der Waals surface area contributed by atoms with Gasteiger partial charge in [-0.15, -0.1) is 0 Å². The summed E-state index contributed by atoms with van der Waals surface area (Å²) in [7, 11) is 0. The average Bonchev–Trinajstić information content (AvgIpc) is 2.88. The summed E-state index contributed by atoms with van der Waals surface area (Å²) in [5.74, 6) is -1.66. The molecule has 0 aliphatic heterocycles. The third-order valence-electron chi connectivity index (χ3n) is 4.75. The Morgan fingerprint density at radius 3 is 2.52 bits per heavy atom. The quantitative estimate of drug-likeness (QED) is 0.893. The third-order valence-corrected chi connectivity index (χ3v) is 4.75. The van der Waals surface area contributed by atoms with Crippen LogP contribution in [0.1, 0.15) is 37.3 Å². The number of carboxylic acids is 1. The van der Waals surface area contributed by atoms with Gasteiger partial charge in [0.15, 0.2) is 0 Å². The van der Waals surface area contributed by atoms with Gasteiger partial charge in [-0.3, -0.25) is 9.59 Å². The molecule has 1 aliphatic carbocycles. The lowest BCUT2D eigenvalue weighted by Gasteiger charge is -2.17. The van der Waals surface area contributed by atoms with Crippen molar-refractivity contribution in [3.63, 3.8) is 0 Å². The highest BCUT2D eigenvalue weighted by molar-refractivity contribution is 5.96. The Morgan fingerprint density at radius 2 is 1.90 bits per heavy atom. The van der Waals surface area contributed by atoms with Crippen molar-refractivity contribution in [2.24, 2.45) is 17.8 Å². The summed E-state index contributed by atoms with van der Waals surface area (Å²) in [6.45, 7) is 6.01. The molecule has 0 heterocycles. The first-order valence-electron chi connectivity index (χ1n) is 7.53. The van der Waals surface area contributed by atoms with Crippen molar-refractivity contribution in [1.29, 1.82) is 0 Å². The summed E-state index contributed by atoms with van der Waals surface area (Å²) < 4.78 is 0. The van der Waals surface area contributed by atoms with Crippen LogP contribution in [0.25, 0.3) is 0 Å². The van der Waals surface area contributed by atoms with Crippen LogP contribution in [0.15, 0.2) is 18.2 Å². The number of benzene rings is 1. The maximum Gasteiger partial charge on any atom is 0.307 e. The number of anilines is 1. The van der Waals surface area contributed by atoms with E-state index in [0.717, 1.165) is 23.2 Å². The van der Waals surface area contributed by atoms with E-state index in [9.17, 15) is 14.7 Å². The van der Waals surface area contributed by atoms with Gasteiger partial charge in [0.05, 0.1) is 11.8 Å². The van der Waals surface area contributed by atoms with Gasteiger partial charge in [0.25, 0.3) is 0 Å². The molecule has 0 saturated heterocycles. The summed E-state index contributed by atoms with van der Waals surface area (Å²) in [4.78, 5) is 23.9. The summed E-state index contributed by atoms with van der Waals surface area (Å²) in [5.41, 5.74) is 2.92. The molecule has 1 aromatic carbocycles. The molecule has 21 heavy (non-hydrogen) atoms. The van der Waals surface area contributed by atoms with E-state index in [2.05, 4.69) is 12.2 Å². The van der Waals surface area contributed by atoms with Crippen LogP contribution in [0, 0.1) is 31.6 Å². The number of hydrogen-bond acceptors (Lipinski definition) is 2. The van der Waals surface area contributed by atoms with Crippen LogP contribution in [-0.2, 0) is 9.59 Å². The molecule has 2 rings (SSSR count). The number of aryl methyl sites for hydroxylation is 1. The zero-order valence-electron chi connectivity index (χ0n) is 12.8. The minimum absolute atomic E-state index is 0.160. The molecule has 114 valence electrons. The Kier molecular flexibility index (Phi) is 4.66. The second-order valence-corrected chi connectivity index (χ2v) is 6.03. The van der Waals surface area contributed by atoms with E-state index in [1.165, 1.54) is 0 Å². The van der Waals surface area contributed by atoms with Gasteiger partial charge >= 0.3 is 5.97 Å². The zero-order chi connectivity index (χ0) is 15.6. The van der Waals surface area contributed by atoms with Crippen molar-refractivity contribution >= 4 is 17.6 Å². The highest BCUT2D eigenvalue weighted by Crippen LogP contribution is 2.39. The highest BCUT2D eigenvalue weighted by Gasteiger charge is 2.42. The van der Waals surface area contributed by atoms with Gasteiger partial charge in [0.1, 0.15) is 0 Å². The number of hydrogen-bond donors (Lipinski definition) is 2. The number of carboxylic acid groups (broad SMARTS) is 1. The molecule has 1 aromatic rings. The van der Waals surface area contributed by atoms with Gasteiger partial charge < -0.3 is 10.4 Å². The molecule has 1 aliphatic rings. The van der Waals surface area contributed by atoms with E-state index < -0.39 is 17.8 Å². The molecular weight excluding hydrogens is 266 g/mol. The van der Waals surface area contributed by atoms with E-state index >= 15 is 0 Å². The maximum atomic E-state index is 12.5. The summed E-state index contributed by atoms with van der Waals surface area (Å²) in [6, 6.07) is 5.76. The number of aliphatic carboxylic acids is 1. The van der Waals surface area contributed by atoms with E-state index in [0.29, 0.717) is 18.8 Å². The van der Waals surface area contributed by atoms with Crippen molar-refractivity contribution in [2.45, 2.75) is 40.0 Å². The number of nitrogens with one attached hydrogen (secondary N) is 1. The predicted octanol–water partition coefficient (Wildman–Crippen LogP) is 3.38. The molecule has 0 spiro atoms. The fourth-order valence-electron chi connectivity index (χ4n) is 3.15. The van der Waals surface area contributed by atoms with Crippen molar-refractivity contribution in [3.8, 4) is 0 Å². The van der Waals surface area contributed by atoms with E-state index in [-0.39, 0.29) is 5.91 Å². The summed E-state index contributed by atoms with van der Waals surface area (Å²) in [6.07, 6.45) is 2.21. The van der Waals surface area contributed by atoms with Gasteiger partial charge in [-0.1, -0.05) is 25.5 Å². The maximum absolute atomic E-state index is 12.5. The number of rotatable bonds is 4. The van der Waals surface area contributed by atoms with Gasteiger partial charge in [0, 0.05) is 5.69 Å². The van der Waals surface area contributed by atoms with Gasteiger partial charge in [0.2, 0.25) is 5.91 Å². The standard InChI is InChI=1S/C17H23NO3/c1-4-12-8-13(14(9-12)17(20)21)16(19)18-15-7-5-6-10(2)11(15)3/h5-7,12-14H,4,8-9H2,1-3H3,(H,18,19)(H,20,21)/t12?,13-,14+/m0/s1. The first-order chi connectivity index (χ1) is 9.93. The zero-order valence-corrected chi connectivity index (χ0v) is 12.8. The molecule has 0 radical (unpaired) electrons. The van der Waals surface area contributed by atoms with Gasteiger partial charge in [-0.05, 0) is 49.8 Å². The van der Waals surface area contributed by atoms with Crippen LogP contribution in [0.3, 0.4) is 0 Å². The van der Waals surface area contributed by atoms with Crippen LogP contribution in [0.2, 0.25) is 0 Å². The summed E-state index contributed by atoms with van der Waals surface area (Å²) in [5, 5.41) is 12.3. The lowest BCUT2D eigenvalue weighted by Crippen LogP contribution is -2.30. The molecule has 0 aromatic heterocycles. The third kappa shape index (κ3) is 3.26. The topological polar surface area (TPSA) is 66.4 Å². The Morgan fingerprint density at radius 1 is 1.24 bits per heavy atom. The molecule has 4 heteroatoms. The first kappa shape index (κ1) is 15.5. The number of amides is 1. The monoisotopic (exact) mass is 289 g/mol. The van der Waals surface area contributed by atoms with Crippen molar-refractivity contribution in [3.05, 3.63) is 29.3 Å². The van der Waals surface area contributed by atoms with Crippen molar-refractivity contribution in [1.82, 2.24) is 0 Å². The van der Waals surface area contributed by atoms with Crippen LogP contribution in [-0.4, -0.2) is 17.0 Å². The van der Waals surface area contributed by atoms with E-state index in [1.54, 1.807) is 0 Å². The second kappa shape index (κ2) is 6.29. The van der Waals surface area contributed by atoms with Crippen LogP contribution >= 0.6 is 0 Å². The first-order valence-corrected chi connectivity index (χ1v) is 7.53. The SMILES string of the molecule is CCC1C[C@H](C(=O)Nc2cccc(C)c2C)[C@H](C(=O)O)C1. The molecular formula is C17H23NO3. The summed E-state index contributed by atoms with van der Waals surface area (Å²) >= 11 is 0. The van der Waals surface area contributed by atoms with E-state index in [1.807, 2.05) is 32.0 Å². The Balaban J connectivity index is 2.15. The highest BCUT2D eigenvalue weighted by atomic mass is 16.4. The minimum Gasteiger partial charge on any atom is -0.481 e. The van der Waals surface area contributed by atoms with Gasteiger partial charge in [-0.2, -0.15) is 0 Å². The lowest BCUT2D eigenvalue weighted by atomic mass is 9.95. The number of carbonyl (C=O) groups excluding carboxylic acids is 1. The van der Waals surface area contributed by atoms with Gasteiger partial charge in [-0.25, -0.2) is 0 Å². The van der Waals surface area contributed by atoms with Crippen molar-refractivity contribution < 1.29 is 14.7 Å². The van der Waals surface area contributed by atoms with Crippen LogP contribution in [0.5, 0.6) is 0 Å². The minimum atomic E-state index is -0.855.